The van der Waals surface area contributed by atoms with Gasteiger partial charge in [0.25, 0.3) is 0 Å². The molecular formula is C17H26. The Morgan fingerprint density at radius 3 is 2.29 bits per heavy atom. The molecule has 1 aromatic rings. The van der Waals surface area contributed by atoms with Gasteiger partial charge in [-0.25, -0.2) is 0 Å². The predicted octanol–water partition coefficient (Wildman–Crippen LogP) is 5.59. The van der Waals surface area contributed by atoms with E-state index in [1.165, 1.54) is 16.7 Å². The fourth-order valence-corrected chi connectivity index (χ4v) is 1.47. The van der Waals surface area contributed by atoms with Crippen LogP contribution in [0.1, 0.15) is 51.3 Å². The van der Waals surface area contributed by atoms with Crippen LogP contribution in [0, 0.1) is 5.92 Å². The topological polar surface area (TPSA) is 0 Å². The van der Waals surface area contributed by atoms with Crippen LogP contribution in [-0.2, 0) is 6.42 Å². The fraction of sp³-hybridized carbons (Fsp3) is 0.412. The highest BCUT2D eigenvalue weighted by Gasteiger charge is 1.97. The van der Waals surface area contributed by atoms with E-state index in [2.05, 4.69) is 57.7 Å². The van der Waals surface area contributed by atoms with Gasteiger partial charge in [0, 0.05) is 0 Å². The smallest absolute Gasteiger partial charge is 0.0185 e. The van der Waals surface area contributed by atoms with Gasteiger partial charge in [0.15, 0.2) is 0 Å². The van der Waals surface area contributed by atoms with E-state index in [-0.39, 0.29) is 0 Å². The van der Waals surface area contributed by atoms with Crippen LogP contribution in [0.25, 0.3) is 12.2 Å². The third-order valence-corrected chi connectivity index (χ3v) is 2.44. The Hall–Kier alpha value is -1.30. The van der Waals surface area contributed by atoms with Crippen LogP contribution < -0.4 is 0 Å². The largest absolute Gasteiger partial charge is 0.0984 e. The monoisotopic (exact) mass is 230 g/mol. The second-order valence-corrected chi connectivity index (χ2v) is 4.12. The van der Waals surface area contributed by atoms with Crippen molar-refractivity contribution in [2.75, 3.05) is 0 Å². The van der Waals surface area contributed by atoms with Crippen LogP contribution in [0.15, 0.2) is 30.9 Å². The molecule has 0 N–H and O–H groups in total. The minimum atomic E-state index is 0.591. The van der Waals surface area contributed by atoms with Crippen LogP contribution in [-0.4, -0.2) is 0 Å². The summed E-state index contributed by atoms with van der Waals surface area (Å²) < 4.78 is 0. The summed E-state index contributed by atoms with van der Waals surface area (Å²) in [6, 6.07) is 6.56. The van der Waals surface area contributed by atoms with Gasteiger partial charge in [0.05, 0.1) is 0 Å². The SMILES string of the molecule is C=Cc1ccc(CC)cc1/C=C\C(C)C.CC. The average molecular weight is 230 g/mol. The summed E-state index contributed by atoms with van der Waals surface area (Å²) >= 11 is 0. The number of rotatable bonds is 4. The number of allylic oxidation sites excluding steroid dienone is 1. The zero-order chi connectivity index (χ0) is 13.3. The Morgan fingerprint density at radius 2 is 1.82 bits per heavy atom. The zero-order valence-corrected chi connectivity index (χ0v) is 12.0. The molecule has 0 bridgehead atoms. The molecule has 0 aliphatic carbocycles. The van der Waals surface area contributed by atoms with Crippen molar-refractivity contribution in [2.45, 2.75) is 41.0 Å². The summed E-state index contributed by atoms with van der Waals surface area (Å²) in [5, 5.41) is 0. The first kappa shape index (κ1) is 15.7. The molecule has 0 radical (unpaired) electrons. The lowest BCUT2D eigenvalue weighted by Crippen LogP contribution is -1.86. The maximum atomic E-state index is 3.84. The molecule has 0 nitrogen and oxygen atoms in total. The Balaban J connectivity index is 0.00000121. The Labute approximate surface area is 107 Å². The van der Waals surface area contributed by atoms with Crippen LogP contribution in [0.2, 0.25) is 0 Å². The summed E-state index contributed by atoms with van der Waals surface area (Å²) in [7, 11) is 0. The molecule has 0 heterocycles. The summed E-state index contributed by atoms with van der Waals surface area (Å²) in [5.41, 5.74) is 3.87. The molecule has 1 aromatic carbocycles. The standard InChI is InChI=1S/C15H20.C2H6/c1-5-13-8-10-14(6-2)15(11-13)9-7-12(3)4;1-2/h6-12H,2,5H2,1,3-4H3;1-2H3/b9-7-;. The van der Waals surface area contributed by atoms with Crippen LogP contribution in [0.4, 0.5) is 0 Å². The van der Waals surface area contributed by atoms with E-state index in [1.807, 2.05) is 19.9 Å². The van der Waals surface area contributed by atoms with Gasteiger partial charge in [-0.15, -0.1) is 0 Å². The van der Waals surface area contributed by atoms with Gasteiger partial charge in [0.2, 0.25) is 0 Å². The quantitative estimate of drug-likeness (QED) is 0.632. The van der Waals surface area contributed by atoms with Crippen molar-refractivity contribution in [2.24, 2.45) is 5.92 Å². The predicted molar refractivity (Wildman–Crippen MR) is 81.1 cm³/mol. The first-order valence-corrected chi connectivity index (χ1v) is 6.61. The highest BCUT2D eigenvalue weighted by molar-refractivity contribution is 5.65. The van der Waals surface area contributed by atoms with Gasteiger partial charge in [-0.1, -0.05) is 77.6 Å². The third-order valence-electron chi connectivity index (χ3n) is 2.44. The van der Waals surface area contributed by atoms with Gasteiger partial charge in [-0.2, -0.15) is 0 Å². The highest BCUT2D eigenvalue weighted by atomic mass is 14.0. The van der Waals surface area contributed by atoms with Gasteiger partial charge < -0.3 is 0 Å². The van der Waals surface area contributed by atoms with Crippen molar-refractivity contribution < 1.29 is 0 Å². The molecule has 0 spiro atoms. The Kier molecular flexibility index (Phi) is 8.13. The number of aryl methyl sites for hydroxylation is 1. The molecule has 17 heavy (non-hydrogen) atoms. The van der Waals surface area contributed by atoms with Crippen molar-refractivity contribution >= 4 is 12.2 Å². The lowest BCUT2D eigenvalue weighted by molar-refractivity contribution is 0.836. The van der Waals surface area contributed by atoms with Crippen molar-refractivity contribution in [3.05, 3.63) is 47.5 Å². The van der Waals surface area contributed by atoms with E-state index in [1.54, 1.807) is 0 Å². The lowest BCUT2D eigenvalue weighted by atomic mass is 10.0. The van der Waals surface area contributed by atoms with E-state index >= 15 is 0 Å². The molecule has 0 fully saturated rings. The first-order valence-electron chi connectivity index (χ1n) is 6.61. The second kappa shape index (κ2) is 8.81. The summed E-state index contributed by atoms with van der Waals surface area (Å²) in [6.45, 7) is 14.4. The summed E-state index contributed by atoms with van der Waals surface area (Å²) in [5.74, 6) is 0.591. The minimum absolute atomic E-state index is 0.591. The molecular weight excluding hydrogens is 204 g/mol. The van der Waals surface area contributed by atoms with Gasteiger partial charge in [-0.05, 0) is 29.0 Å². The highest BCUT2D eigenvalue weighted by Crippen LogP contribution is 2.16. The van der Waals surface area contributed by atoms with E-state index in [0.717, 1.165) is 6.42 Å². The molecule has 0 amide bonds. The summed E-state index contributed by atoms with van der Waals surface area (Å²) in [4.78, 5) is 0. The van der Waals surface area contributed by atoms with Crippen molar-refractivity contribution in [3.63, 3.8) is 0 Å². The van der Waals surface area contributed by atoms with E-state index < -0.39 is 0 Å². The fourth-order valence-electron chi connectivity index (χ4n) is 1.47. The van der Waals surface area contributed by atoms with Crippen LogP contribution in [0.5, 0.6) is 0 Å². The van der Waals surface area contributed by atoms with Crippen LogP contribution >= 0.6 is 0 Å². The first-order chi connectivity index (χ1) is 8.17. The molecule has 94 valence electrons. The van der Waals surface area contributed by atoms with Gasteiger partial charge in [-0.3, -0.25) is 0 Å². The molecule has 0 atom stereocenters. The number of hydrogen-bond acceptors (Lipinski definition) is 0. The van der Waals surface area contributed by atoms with Crippen molar-refractivity contribution in [1.82, 2.24) is 0 Å². The minimum Gasteiger partial charge on any atom is -0.0984 e. The maximum absolute atomic E-state index is 3.84. The van der Waals surface area contributed by atoms with Crippen LogP contribution in [0.3, 0.4) is 0 Å². The second-order valence-electron chi connectivity index (χ2n) is 4.12. The van der Waals surface area contributed by atoms with E-state index in [0.29, 0.717) is 5.92 Å². The Bertz CT molecular complexity index is 356. The molecule has 0 aliphatic rings. The normalized spacial score (nSPS) is 10.2. The van der Waals surface area contributed by atoms with E-state index in [4.69, 9.17) is 0 Å². The van der Waals surface area contributed by atoms with Crippen molar-refractivity contribution in [3.8, 4) is 0 Å². The lowest BCUT2D eigenvalue weighted by Gasteiger charge is -2.04. The summed E-state index contributed by atoms with van der Waals surface area (Å²) in [6.07, 6.45) is 7.42. The maximum Gasteiger partial charge on any atom is -0.0185 e. The molecule has 0 aromatic heterocycles. The number of hydrogen-bond donors (Lipinski definition) is 0. The third kappa shape index (κ3) is 5.53. The molecule has 0 saturated carbocycles. The molecule has 0 saturated heterocycles. The average Bonchev–Trinajstić information content (AvgIpc) is 2.38. The van der Waals surface area contributed by atoms with Gasteiger partial charge in [0.1, 0.15) is 0 Å². The van der Waals surface area contributed by atoms with Crippen molar-refractivity contribution in [1.29, 1.82) is 0 Å². The van der Waals surface area contributed by atoms with E-state index in [9.17, 15) is 0 Å². The zero-order valence-electron chi connectivity index (χ0n) is 12.0. The Morgan fingerprint density at radius 1 is 1.18 bits per heavy atom. The molecule has 0 unspecified atom stereocenters. The molecule has 1 rings (SSSR count). The molecule has 0 heteroatoms. The van der Waals surface area contributed by atoms with Gasteiger partial charge >= 0.3 is 0 Å². The molecule has 0 aliphatic heterocycles. The number of benzene rings is 1.